The second-order valence-corrected chi connectivity index (χ2v) is 5.18. The Hall–Kier alpha value is -2.24. The number of aromatic nitrogens is 1. The molecule has 0 bridgehead atoms. The van der Waals surface area contributed by atoms with Crippen molar-refractivity contribution in [2.75, 3.05) is 0 Å². The van der Waals surface area contributed by atoms with Gasteiger partial charge in [0.15, 0.2) is 5.76 Å². The van der Waals surface area contributed by atoms with E-state index in [1.807, 2.05) is 0 Å². The van der Waals surface area contributed by atoms with Crippen molar-refractivity contribution in [2.24, 2.45) is 0 Å². The molecule has 110 valence electrons. The maximum absolute atomic E-state index is 13.8. The molecule has 1 aromatic heterocycles. The second-order valence-electron chi connectivity index (χ2n) is 5.18. The van der Waals surface area contributed by atoms with Crippen LogP contribution in [0.3, 0.4) is 0 Å². The van der Waals surface area contributed by atoms with E-state index in [9.17, 15) is 18.7 Å². The molecule has 1 heterocycles. The molecule has 1 N–H and O–H groups in total. The Kier molecular flexibility index (Phi) is 3.45. The number of halogens is 2. The molecule has 0 aliphatic heterocycles. The molecule has 0 saturated heterocycles. The van der Waals surface area contributed by atoms with Gasteiger partial charge < -0.3 is 9.63 Å². The number of hydrogen-bond acceptors (Lipinski definition) is 3. The van der Waals surface area contributed by atoms with Crippen LogP contribution in [-0.4, -0.2) is 16.2 Å². The van der Waals surface area contributed by atoms with Crippen molar-refractivity contribution in [1.82, 2.24) is 5.16 Å². The Morgan fingerprint density at radius 2 is 2.00 bits per heavy atom. The van der Waals surface area contributed by atoms with Crippen molar-refractivity contribution < 1.29 is 23.2 Å². The van der Waals surface area contributed by atoms with Crippen LogP contribution >= 0.6 is 0 Å². The summed E-state index contributed by atoms with van der Waals surface area (Å²) in [5, 5.41) is 13.1. The third-order valence-corrected chi connectivity index (χ3v) is 3.84. The van der Waals surface area contributed by atoms with Crippen LogP contribution in [0.25, 0.3) is 11.3 Å². The lowest BCUT2D eigenvalue weighted by molar-refractivity contribution is 0.0694. The summed E-state index contributed by atoms with van der Waals surface area (Å²) in [7, 11) is 0. The maximum atomic E-state index is 13.8. The molecule has 1 aliphatic rings. The molecule has 1 aliphatic carbocycles. The monoisotopic (exact) mass is 293 g/mol. The number of benzene rings is 1. The van der Waals surface area contributed by atoms with Gasteiger partial charge in [-0.1, -0.05) is 18.0 Å². The van der Waals surface area contributed by atoms with E-state index in [4.69, 9.17) is 4.52 Å². The molecular formula is C15H13F2NO3. The van der Waals surface area contributed by atoms with E-state index in [1.165, 1.54) is 0 Å². The number of carboxylic acid groups (broad SMARTS) is 1. The zero-order chi connectivity index (χ0) is 15.0. The topological polar surface area (TPSA) is 63.3 Å². The minimum Gasteiger partial charge on any atom is -0.477 e. The fourth-order valence-electron chi connectivity index (χ4n) is 2.84. The van der Waals surface area contributed by atoms with Gasteiger partial charge in [0.2, 0.25) is 0 Å². The average molecular weight is 293 g/mol. The molecule has 0 amide bonds. The van der Waals surface area contributed by atoms with Crippen LogP contribution in [-0.2, 0) is 0 Å². The Labute approximate surface area is 119 Å². The predicted molar refractivity (Wildman–Crippen MR) is 70.0 cm³/mol. The van der Waals surface area contributed by atoms with Gasteiger partial charge in [-0.25, -0.2) is 13.6 Å². The van der Waals surface area contributed by atoms with Gasteiger partial charge in [-0.05, 0) is 31.0 Å². The van der Waals surface area contributed by atoms with Gasteiger partial charge in [-0.3, -0.25) is 0 Å². The standard InChI is InChI=1S/C15H13F2NO3/c16-9-5-6-11(17)10(7-9)13-12(15(19)20)14(21-18-13)8-3-1-2-4-8/h5-8H,1-4H2,(H,19,20). The van der Waals surface area contributed by atoms with Crippen molar-refractivity contribution in [3.63, 3.8) is 0 Å². The summed E-state index contributed by atoms with van der Waals surface area (Å²) in [6.45, 7) is 0. The van der Waals surface area contributed by atoms with E-state index in [0.717, 1.165) is 43.9 Å². The van der Waals surface area contributed by atoms with E-state index in [0.29, 0.717) is 0 Å². The Balaban J connectivity index is 2.14. The van der Waals surface area contributed by atoms with Gasteiger partial charge >= 0.3 is 5.97 Å². The van der Waals surface area contributed by atoms with Crippen molar-refractivity contribution in [3.05, 3.63) is 41.2 Å². The highest BCUT2D eigenvalue weighted by molar-refractivity contribution is 5.96. The third-order valence-electron chi connectivity index (χ3n) is 3.84. The van der Waals surface area contributed by atoms with Crippen LogP contribution in [0.4, 0.5) is 8.78 Å². The van der Waals surface area contributed by atoms with Crippen molar-refractivity contribution in [2.45, 2.75) is 31.6 Å². The zero-order valence-electron chi connectivity index (χ0n) is 11.1. The van der Waals surface area contributed by atoms with Crippen LogP contribution in [0.1, 0.15) is 47.7 Å². The number of hydrogen-bond donors (Lipinski definition) is 1. The number of aromatic carboxylic acids is 1. The minimum atomic E-state index is -1.24. The van der Waals surface area contributed by atoms with Crippen LogP contribution in [0.15, 0.2) is 22.7 Å². The highest BCUT2D eigenvalue weighted by atomic mass is 19.1. The quantitative estimate of drug-likeness (QED) is 0.929. The van der Waals surface area contributed by atoms with Gasteiger partial charge in [0, 0.05) is 11.5 Å². The lowest BCUT2D eigenvalue weighted by atomic mass is 9.97. The Morgan fingerprint density at radius 1 is 1.29 bits per heavy atom. The summed E-state index contributed by atoms with van der Waals surface area (Å²) >= 11 is 0. The molecule has 4 nitrogen and oxygen atoms in total. The van der Waals surface area contributed by atoms with Gasteiger partial charge in [0.05, 0.1) is 0 Å². The summed E-state index contributed by atoms with van der Waals surface area (Å²) < 4.78 is 32.3. The van der Waals surface area contributed by atoms with Crippen LogP contribution in [0.2, 0.25) is 0 Å². The summed E-state index contributed by atoms with van der Waals surface area (Å²) in [6, 6.07) is 2.84. The minimum absolute atomic E-state index is 0.0195. The second kappa shape index (κ2) is 5.27. The molecule has 1 aromatic carbocycles. The first kappa shape index (κ1) is 13.7. The van der Waals surface area contributed by atoms with E-state index in [-0.39, 0.29) is 28.5 Å². The number of carboxylic acids is 1. The first-order chi connectivity index (χ1) is 10.1. The largest absolute Gasteiger partial charge is 0.477 e. The molecule has 0 unspecified atom stereocenters. The molecular weight excluding hydrogens is 280 g/mol. The Morgan fingerprint density at radius 3 is 2.67 bits per heavy atom. The van der Waals surface area contributed by atoms with Crippen molar-refractivity contribution in [1.29, 1.82) is 0 Å². The Bertz CT molecular complexity index is 690. The molecule has 1 saturated carbocycles. The summed E-state index contributed by atoms with van der Waals surface area (Å²) in [5.74, 6) is -2.39. The van der Waals surface area contributed by atoms with Gasteiger partial charge in [0.1, 0.15) is 22.9 Å². The van der Waals surface area contributed by atoms with Gasteiger partial charge in [-0.2, -0.15) is 0 Å². The smallest absolute Gasteiger partial charge is 0.341 e. The predicted octanol–water partition coefficient (Wildman–Crippen LogP) is 3.98. The SMILES string of the molecule is O=C(O)c1c(-c2cc(F)ccc2F)noc1C1CCCC1. The van der Waals surface area contributed by atoms with Crippen molar-refractivity contribution in [3.8, 4) is 11.3 Å². The molecule has 6 heteroatoms. The van der Waals surface area contributed by atoms with E-state index in [2.05, 4.69) is 5.16 Å². The molecule has 21 heavy (non-hydrogen) atoms. The van der Waals surface area contributed by atoms with E-state index >= 15 is 0 Å². The highest BCUT2D eigenvalue weighted by Crippen LogP contribution is 2.39. The zero-order valence-corrected chi connectivity index (χ0v) is 11.1. The van der Waals surface area contributed by atoms with Crippen LogP contribution in [0.5, 0.6) is 0 Å². The number of carbonyl (C=O) groups is 1. The normalized spacial score (nSPS) is 15.5. The fourth-order valence-corrected chi connectivity index (χ4v) is 2.84. The lowest BCUT2D eigenvalue weighted by Crippen LogP contribution is -2.04. The molecule has 0 atom stereocenters. The van der Waals surface area contributed by atoms with E-state index in [1.54, 1.807) is 0 Å². The van der Waals surface area contributed by atoms with E-state index < -0.39 is 17.6 Å². The fraction of sp³-hybridized carbons (Fsp3) is 0.333. The molecule has 0 spiro atoms. The van der Waals surface area contributed by atoms with Crippen LogP contribution in [0, 0.1) is 11.6 Å². The van der Waals surface area contributed by atoms with Gasteiger partial charge in [0.25, 0.3) is 0 Å². The summed E-state index contributed by atoms with van der Waals surface area (Å²) in [6.07, 6.45) is 3.63. The number of nitrogens with zero attached hydrogens (tertiary/aromatic N) is 1. The van der Waals surface area contributed by atoms with Crippen molar-refractivity contribution >= 4 is 5.97 Å². The molecule has 1 fully saturated rings. The first-order valence-corrected chi connectivity index (χ1v) is 6.76. The molecule has 0 radical (unpaired) electrons. The highest BCUT2D eigenvalue weighted by Gasteiger charge is 2.31. The maximum Gasteiger partial charge on any atom is 0.341 e. The third kappa shape index (κ3) is 2.41. The molecule has 3 rings (SSSR count). The lowest BCUT2D eigenvalue weighted by Gasteiger charge is -2.06. The van der Waals surface area contributed by atoms with Gasteiger partial charge in [-0.15, -0.1) is 0 Å². The molecule has 2 aromatic rings. The number of rotatable bonds is 3. The van der Waals surface area contributed by atoms with Crippen LogP contribution < -0.4 is 0 Å². The average Bonchev–Trinajstić information content (AvgIpc) is 3.08. The summed E-state index contributed by atoms with van der Waals surface area (Å²) in [5.41, 5.74) is -0.506. The first-order valence-electron chi connectivity index (χ1n) is 6.76. The summed E-state index contributed by atoms with van der Waals surface area (Å²) in [4.78, 5) is 11.5.